The van der Waals surface area contributed by atoms with Crippen LogP contribution in [-0.4, -0.2) is 27.3 Å². The molecule has 0 aliphatic carbocycles. The molecule has 4 nitrogen and oxygen atoms in total. The average molecular weight is 169 g/mol. The smallest absolute Gasteiger partial charge is 0.0948 e. The van der Waals surface area contributed by atoms with Gasteiger partial charge in [-0.3, -0.25) is 0 Å². The monoisotopic (exact) mass is 169 g/mol. The third-order valence-electron chi connectivity index (χ3n) is 1.86. The van der Waals surface area contributed by atoms with Crippen LogP contribution >= 0.6 is 0 Å². The van der Waals surface area contributed by atoms with Crippen LogP contribution in [0.1, 0.15) is 12.6 Å². The van der Waals surface area contributed by atoms with Crippen LogP contribution in [0.5, 0.6) is 0 Å². The van der Waals surface area contributed by atoms with Crippen LogP contribution in [0.15, 0.2) is 12.5 Å². The molecule has 4 heteroatoms. The predicted molar refractivity (Wildman–Crippen MR) is 46.7 cm³/mol. The topological polar surface area (TPSA) is 64.1 Å². The molecule has 0 aliphatic rings. The van der Waals surface area contributed by atoms with Gasteiger partial charge in [0.15, 0.2) is 0 Å². The second-order valence-electron chi connectivity index (χ2n) is 2.76. The maximum Gasteiger partial charge on any atom is 0.0948 e. The molecule has 12 heavy (non-hydrogen) atoms. The van der Waals surface area contributed by atoms with Gasteiger partial charge < -0.3 is 15.4 Å². The summed E-state index contributed by atoms with van der Waals surface area (Å²) >= 11 is 0. The molecule has 1 rings (SSSR count). The van der Waals surface area contributed by atoms with E-state index in [9.17, 15) is 5.11 Å². The molecular weight excluding hydrogens is 154 g/mol. The maximum atomic E-state index is 9.28. The molecule has 0 aromatic carbocycles. The van der Waals surface area contributed by atoms with E-state index in [1.807, 2.05) is 11.5 Å². The molecule has 1 aromatic rings. The molecule has 1 atom stereocenters. The normalized spacial score (nSPS) is 13.2. The van der Waals surface area contributed by atoms with Crippen LogP contribution in [0.2, 0.25) is 0 Å². The number of imidazole rings is 1. The van der Waals surface area contributed by atoms with E-state index in [1.165, 1.54) is 0 Å². The molecule has 0 saturated carbocycles. The number of rotatable bonds is 4. The molecule has 0 fully saturated rings. The lowest BCUT2D eigenvalue weighted by Crippen LogP contribution is -2.23. The third kappa shape index (κ3) is 2.06. The lowest BCUT2D eigenvalue weighted by Gasteiger charge is -2.08. The summed E-state index contributed by atoms with van der Waals surface area (Å²) < 4.78 is 2.00. The summed E-state index contributed by atoms with van der Waals surface area (Å²) in [6, 6.07) is 0. The molecule has 1 unspecified atom stereocenters. The van der Waals surface area contributed by atoms with Gasteiger partial charge in [-0.15, -0.1) is 0 Å². The molecule has 1 heterocycles. The van der Waals surface area contributed by atoms with Crippen molar-refractivity contribution in [1.82, 2.24) is 9.55 Å². The van der Waals surface area contributed by atoms with Crippen LogP contribution in [0.25, 0.3) is 0 Å². The fourth-order valence-electron chi connectivity index (χ4n) is 1.13. The van der Waals surface area contributed by atoms with E-state index in [0.717, 1.165) is 12.2 Å². The zero-order valence-corrected chi connectivity index (χ0v) is 7.27. The Kier molecular flexibility index (Phi) is 3.25. The Bertz CT molecular complexity index is 234. The third-order valence-corrected chi connectivity index (χ3v) is 1.86. The van der Waals surface area contributed by atoms with Crippen LogP contribution in [0.3, 0.4) is 0 Å². The van der Waals surface area contributed by atoms with Crippen LogP contribution < -0.4 is 5.73 Å². The van der Waals surface area contributed by atoms with E-state index in [-0.39, 0.29) is 0 Å². The summed E-state index contributed by atoms with van der Waals surface area (Å²) in [5.74, 6) is 0. The molecule has 0 amide bonds. The highest BCUT2D eigenvalue weighted by molar-refractivity contribution is 5.00. The van der Waals surface area contributed by atoms with Gasteiger partial charge in [-0.05, 0) is 6.92 Å². The zero-order valence-electron chi connectivity index (χ0n) is 7.27. The van der Waals surface area contributed by atoms with Gasteiger partial charge >= 0.3 is 0 Å². The summed E-state index contributed by atoms with van der Waals surface area (Å²) in [4.78, 5) is 3.99. The van der Waals surface area contributed by atoms with Gasteiger partial charge in [0.2, 0.25) is 0 Å². The van der Waals surface area contributed by atoms with Crippen molar-refractivity contribution in [3.8, 4) is 0 Å². The summed E-state index contributed by atoms with van der Waals surface area (Å²) in [5, 5.41) is 9.28. The largest absolute Gasteiger partial charge is 0.391 e. The van der Waals surface area contributed by atoms with Crippen molar-refractivity contribution in [2.24, 2.45) is 5.73 Å². The summed E-state index contributed by atoms with van der Waals surface area (Å²) in [6.45, 7) is 3.22. The van der Waals surface area contributed by atoms with Gasteiger partial charge in [-0.2, -0.15) is 0 Å². The van der Waals surface area contributed by atoms with Gasteiger partial charge in [0.25, 0.3) is 0 Å². The number of nitrogens with zero attached hydrogens (tertiary/aromatic N) is 2. The molecule has 0 bridgehead atoms. The number of nitrogens with two attached hydrogens (primary N) is 1. The first-order valence-corrected chi connectivity index (χ1v) is 4.15. The minimum absolute atomic E-state index is 0.300. The molecule has 0 radical (unpaired) electrons. The second kappa shape index (κ2) is 4.23. The Morgan fingerprint density at radius 2 is 2.50 bits per heavy atom. The van der Waals surface area contributed by atoms with Crippen molar-refractivity contribution in [2.75, 3.05) is 6.54 Å². The quantitative estimate of drug-likeness (QED) is 0.654. The highest BCUT2D eigenvalue weighted by Gasteiger charge is 2.06. The van der Waals surface area contributed by atoms with Gasteiger partial charge in [0.1, 0.15) is 0 Å². The molecule has 3 N–H and O–H groups in total. The minimum atomic E-state index is -0.452. The molecule has 68 valence electrons. The van der Waals surface area contributed by atoms with E-state index in [0.29, 0.717) is 13.0 Å². The van der Waals surface area contributed by atoms with Crippen molar-refractivity contribution in [2.45, 2.75) is 26.0 Å². The Labute approximate surface area is 72.0 Å². The summed E-state index contributed by atoms with van der Waals surface area (Å²) in [7, 11) is 0. The van der Waals surface area contributed by atoms with E-state index >= 15 is 0 Å². The van der Waals surface area contributed by atoms with E-state index in [1.54, 1.807) is 12.5 Å². The lowest BCUT2D eigenvalue weighted by atomic mass is 10.2. The lowest BCUT2D eigenvalue weighted by molar-refractivity contribution is 0.181. The fourth-order valence-corrected chi connectivity index (χ4v) is 1.13. The van der Waals surface area contributed by atoms with E-state index < -0.39 is 6.10 Å². The van der Waals surface area contributed by atoms with Crippen molar-refractivity contribution in [3.05, 3.63) is 18.2 Å². The Morgan fingerprint density at radius 1 is 1.75 bits per heavy atom. The number of hydrogen-bond donors (Lipinski definition) is 2. The van der Waals surface area contributed by atoms with Crippen LogP contribution in [0.4, 0.5) is 0 Å². The second-order valence-corrected chi connectivity index (χ2v) is 2.76. The van der Waals surface area contributed by atoms with Crippen molar-refractivity contribution in [1.29, 1.82) is 0 Å². The summed E-state index contributed by atoms with van der Waals surface area (Å²) in [6.07, 6.45) is 3.66. The average Bonchev–Trinajstić information content (AvgIpc) is 2.51. The minimum Gasteiger partial charge on any atom is -0.391 e. The number of aliphatic hydroxyl groups is 1. The zero-order chi connectivity index (χ0) is 8.97. The number of hydrogen-bond acceptors (Lipinski definition) is 3. The fraction of sp³-hybridized carbons (Fsp3) is 0.625. The standard InChI is InChI=1S/C8H15N3O/c1-2-11-6-10-5-7(11)3-8(12)4-9/h5-6,8,12H,2-4,9H2,1H3. The van der Waals surface area contributed by atoms with Crippen LogP contribution in [0, 0.1) is 0 Å². The number of aliphatic hydroxyl groups excluding tert-OH is 1. The molecule has 0 aliphatic heterocycles. The van der Waals surface area contributed by atoms with E-state index in [4.69, 9.17) is 5.73 Å². The first-order chi connectivity index (χ1) is 5.77. The van der Waals surface area contributed by atoms with Crippen molar-refractivity contribution < 1.29 is 5.11 Å². The molecule has 0 saturated heterocycles. The molecular formula is C8H15N3O. The SMILES string of the molecule is CCn1cncc1CC(O)CN. The highest BCUT2D eigenvalue weighted by atomic mass is 16.3. The predicted octanol–water partition coefficient (Wildman–Crippen LogP) is -0.235. The maximum absolute atomic E-state index is 9.28. The Hall–Kier alpha value is -0.870. The van der Waals surface area contributed by atoms with Gasteiger partial charge in [-0.25, -0.2) is 4.98 Å². The molecule has 1 aromatic heterocycles. The van der Waals surface area contributed by atoms with Crippen molar-refractivity contribution in [3.63, 3.8) is 0 Å². The van der Waals surface area contributed by atoms with Gasteiger partial charge in [0.05, 0.1) is 12.4 Å². The number of aromatic nitrogens is 2. The summed E-state index contributed by atoms with van der Waals surface area (Å²) in [5.41, 5.74) is 6.34. The molecule has 0 spiro atoms. The first-order valence-electron chi connectivity index (χ1n) is 4.15. The van der Waals surface area contributed by atoms with Gasteiger partial charge in [-0.1, -0.05) is 0 Å². The van der Waals surface area contributed by atoms with Crippen molar-refractivity contribution >= 4 is 0 Å². The Morgan fingerprint density at radius 3 is 3.08 bits per heavy atom. The van der Waals surface area contributed by atoms with Gasteiger partial charge in [0, 0.05) is 31.4 Å². The first kappa shape index (κ1) is 9.22. The number of aryl methyl sites for hydroxylation is 1. The Balaban J connectivity index is 2.61. The highest BCUT2D eigenvalue weighted by Crippen LogP contribution is 2.02. The van der Waals surface area contributed by atoms with Crippen LogP contribution in [-0.2, 0) is 13.0 Å². The van der Waals surface area contributed by atoms with E-state index in [2.05, 4.69) is 4.98 Å².